The van der Waals surface area contributed by atoms with E-state index in [1.807, 2.05) is 13.8 Å². The van der Waals surface area contributed by atoms with Crippen LogP contribution in [0.3, 0.4) is 0 Å². The standard InChI is InChI=1S/C16H27NO3/c1-12(2)13(6-9-18)17-14(19)10-16(11-15(17)20)7-4-3-5-8-16/h12-13,18H,3-11H2,1-2H3. The molecule has 1 unspecified atom stereocenters. The van der Waals surface area contributed by atoms with Crippen molar-refractivity contribution in [3.05, 3.63) is 0 Å². The van der Waals surface area contributed by atoms with Gasteiger partial charge in [-0.3, -0.25) is 14.5 Å². The third kappa shape index (κ3) is 3.05. The fraction of sp³-hybridized carbons (Fsp3) is 0.875. The highest BCUT2D eigenvalue weighted by Crippen LogP contribution is 2.46. The van der Waals surface area contributed by atoms with Gasteiger partial charge in [-0.05, 0) is 30.6 Å². The number of hydrogen-bond acceptors (Lipinski definition) is 3. The second kappa shape index (κ2) is 6.25. The Balaban J connectivity index is 2.14. The molecule has 1 saturated heterocycles. The molecule has 4 nitrogen and oxygen atoms in total. The van der Waals surface area contributed by atoms with Crippen molar-refractivity contribution in [1.29, 1.82) is 0 Å². The van der Waals surface area contributed by atoms with Crippen molar-refractivity contribution in [2.45, 2.75) is 71.3 Å². The molecule has 1 heterocycles. The highest BCUT2D eigenvalue weighted by Gasteiger charge is 2.46. The number of imide groups is 1. The summed E-state index contributed by atoms with van der Waals surface area (Å²) in [5.41, 5.74) is -0.0519. The minimum atomic E-state index is -0.152. The summed E-state index contributed by atoms with van der Waals surface area (Å²) >= 11 is 0. The number of amides is 2. The molecule has 0 aromatic heterocycles. The number of hydrogen-bond donors (Lipinski definition) is 1. The molecule has 1 saturated carbocycles. The molecule has 0 aromatic carbocycles. The number of aliphatic hydroxyl groups is 1. The Morgan fingerprint density at radius 1 is 1.10 bits per heavy atom. The predicted octanol–water partition coefficient (Wildman–Crippen LogP) is 2.49. The highest BCUT2D eigenvalue weighted by molar-refractivity contribution is 5.99. The van der Waals surface area contributed by atoms with E-state index in [4.69, 9.17) is 0 Å². The molecule has 1 aliphatic heterocycles. The lowest BCUT2D eigenvalue weighted by atomic mass is 9.67. The molecule has 20 heavy (non-hydrogen) atoms. The summed E-state index contributed by atoms with van der Waals surface area (Å²) in [6, 6.07) is -0.152. The maximum Gasteiger partial charge on any atom is 0.230 e. The third-order valence-corrected chi connectivity index (χ3v) is 5.03. The summed E-state index contributed by atoms with van der Waals surface area (Å²) in [4.78, 5) is 26.5. The van der Waals surface area contributed by atoms with Crippen LogP contribution in [0.4, 0.5) is 0 Å². The van der Waals surface area contributed by atoms with E-state index in [9.17, 15) is 14.7 Å². The molecule has 1 N–H and O–H groups in total. The van der Waals surface area contributed by atoms with Gasteiger partial charge in [0.2, 0.25) is 11.8 Å². The van der Waals surface area contributed by atoms with Crippen molar-refractivity contribution in [1.82, 2.24) is 4.90 Å². The van der Waals surface area contributed by atoms with Crippen LogP contribution in [-0.4, -0.2) is 34.5 Å². The number of piperidine rings is 1. The maximum absolute atomic E-state index is 12.5. The fourth-order valence-electron chi connectivity index (χ4n) is 3.93. The topological polar surface area (TPSA) is 57.6 Å². The van der Waals surface area contributed by atoms with E-state index in [2.05, 4.69) is 0 Å². The van der Waals surface area contributed by atoms with Crippen molar-refractivity contribution in [3.63, 3.8) is 0 Å². The minimum Gasteiger partial charge on any atom is -0.396 e. The van der Waals surface area contributed by atoms with Crippen molar-refractivity contribution < 1.29 is 14.7 Å². The van der Waals surface area contributed by atoms with E-state index in [0.29, 0.717) is 19.3 Å². The Hall–Kier alpha value is -0.900. The lowest BCUT2D eigenvalue weighted by molar-refractivity contribution is -0.159. The van der Waals surface area contributed by atoms with Gasteiger partial charge in [0.25, 0.3) is 0 Å². The van der Waals surface area contributed by atoms with E-state index < -0.39 is 0 Å². The number of aliphatic hydroxyl groups excluding tert-OH is 1. The molecule has 1 atom stereocenters. The van der Waals surface area contributed by atoms with Crippen molar-refractivity contribution >= 4 is 11.8 Å². The number of likely N-dealkylation sites (tertiary alicyclic amines) is 1. The first-order valence-corrected chi connectivity index (χ1v) is 7.95. The fourth-order valence-corrected chi connectivity index (χ4v) is 3.93. The molecule has 4 heteroatoms. The zero-order chi connectivity index (χ0) is 14.8. The Bertz CT molecular complexity index is 352. The summed E-state index contributed by atoms with van der Waals surface area (Å²) < 4.78 is 0. The van der Waals surface area contributed by atoms with E-state index >= 15 is 0 Å². The van der Waals surface area contributed by atoms with E-state index in [0.717, 1.165) is 25.7 Å². The van der Waals surface area contributed by atoms with E-state index in [1.54, 1.807) is 0 Å². The summed E-state index contributed by atoms with van der Waals surface area (Å²) in [6.45, 7) is 4.03. The molecule has 2 rings (SSSR count). The quantitative estimate of drug-likeness (QED) is 0.805. The van der Waals surface area contributed by atoms with E-state index in [1.165, 1.54) is 11.3 Å². The summed E-state index contributed by atoms with van der Waals surface area (Å²) in [5, 5.41) is 9.18. The smallest absolute Gasteiger partial charge is 0.230 e. The predicted molar refractivity (Wildman–Crippen MR) is 76.9 cm³/mol. The van der Waals surface area contributed by atoms with Gasteiger partial charge in [0.05, 0.1) is 0 Å². The molecule has 0 aromatic rings. The molecule has 1 aliphatic carbocycles. The summed E-state index contributed by atoms with van der Waals surface area (Å²) in [6.07, 6.45) is 7.08. The zero-order valence-corrected chi connectivity index (χ0v) is 12.7. The van der Waals surface area contributed by atoms with Crippen LogP contribution in [0, 0.1) is 11.3 Å². The van der Waals surface area contributed by atoms with Gasteiger partial charge in [0.1, 0.15) is 0 Å². The first-order chi connectivity index (χ1) is 9.49. The van der Waals surface area contributed by atoms with Crippen LogP contribution >= 0.6 is 0 Å². The number of carbonyl (C=O) groups excluding carboxylic acids is 2. The first-order valence-electron chi connectivity index (χ1n) is 7.95. The van der Waals surface area contributed by atoms with Gasteiger partial charge in [0.15, 0.2) is 0 Å². The van der Waals surface area contributed by atoms with Crippen molar-refractivity contribution in [3.8, 4) is 0 Å². The van der Waals surface area contributed by atoms with Gasteiger partial charge >= 0.3 is 0 Å². The second-order valence-electron chi connectivity index (χ2n) is 6.90. The van der Waals surface area contributed by atoms with Crippen LogP contribution in [0.5, 0.6) is 0 Å². The average molecular weight is 281 g/mol. The molecular weight excluding hydrogens is 254 g/mol. The average Bonchev–Trinajstić information content (AvgIpc) is 2.37. The van der Waals surface area contributed by atoms with Gasteiger partial charge in [0, 0.05) is 25.5 Å². The Kier molecular flexibility index (Phi) is 4.84. The largest absolute Gasteiger partial charge is 0.396 e. The SMILES string of the molecule is CC(C)C(CCO)N1C(=O)CC2(CCCCC2)CC1=O. The number of nitrogens with zero attached hydrogens (tertiary/aromatic N) is 1. The molecule has 2 amide bonds. The lowest BCUT2D eigenvalue weighted by Gasteiger charge is -2.45. The Labute approximate surface area is 121 Å². The third-order valence-electron chi connectivity index (χ3n) is 5.03. The molecule has 1 spiro atoms. The molecule has 0 radical (unpaired) electrons. The van der Waals surface area contributed by atoms with Gasteiger partial charge in [-0.15, -0.1) is 0 Å². The number of rotatable bonds is 4. The van der Waals surface area contributed by atoms with Gasteiger partial charge < -0.3 is 5.11 Å². The van der Waals surface area contributed by atoms with Crippen LogP contribution in [0.25, 0.3) is 0 Å². The molecule has 2 aliphatic rings. The van der Waals surface area contributed by atoms with Crippen molar-refractivity contribution in [2.24, 2.45) is 11.3 Å². The van der Waals surface area contributed by atoms with Crippen LogP contribution in [0.2, 0.25) is 0 Å². The lowest BCUT2D eigenvalue weighted by Crippen LogP contribution is -2.54. The van der Waals surface area contributed by atoms with E-state index in [-0.39, 0.29) is 35.8 Å². The van der Waals surface area contributed by atoms with Crippen LogP contribution in [0.15, 0.2) is 0 Å². The molecule has 114 valence electrons. The van der Waals surface area contributed by atoms with Crippen LogP contribution < -0.4 is 0 Å². The minimum absolute atomic E-state index is 0.0182. The van der Waals surface area contributed by atoms with Crippen LogP contribution in [-0.2, 0) is 9.59 Å². The Morgan fingerprint density at radius 3 is 2.10 bits per heavy atom. The van der Waals surface area contributed by atoms with Gasteiger partial charge in [-0.1, -0.05) is 33.1 Å². The second-order valence-corrected chi connectivity index (χ2v) is 6.90. The number of carbonyl (C=O) groups is 2. The van der Waals surface area contributed by atoms with Gasteiger partial charge in [-0.25, -0.2) is 0 Å². The molecular formula is C16H27NO3. The summed E-state index contributed by atoms with van der Waals surface area (Å²) in [5.74, 6) is 0.154. The molecule has 2 fully saturated rings. The molecule has 0 bridgehead atoms. The summed E-state index contributed by atoms with van der Waals surface area (Å²) in [7, 11) is 0. The highest BCUT2D eigenvalue weighted by atomic mass is 16.3. The normalized spacial score (nSPS) is 24.5. The maximum atomic E-state index is 12.5. The van der Waals surface area contributed by atoms with Crippen molar-refractivity contribution in [2.75, 3.05) is 6.61 Å². The van der Waals surface area contributed by atoms with Crippen LogP contribution in [0.1, 0.15) is 65.2 Å². The Morgan fingerprint density at radius 2 is 1.65 bits per heavy atom. The first kappa shape index (κ1) is 15.5. The zero-order valence-electron chi connectivity index (χ0n) is 12.7. The monoisotopic (exact) mass is 281 g/mol. The van der Waals surface area contributed by atoms with Gasteiger partial charge in [-0.2, -0.15) is 0 Å².